The van der Waals surface area contributed by atoms with Crippen LogP contribution in [0.1, 0.15) is 23.0 Å². The highest BCUT2D eigenvalue weighted by Crippen LogP contribution is 2.17. The van der Waals surface area contributed by atoms with Gasteiger partial charge in [-0.3, -0.25) is 5.43 Å². The van der Waals surface area contributed by atoms with Crippen LogP contribution in [-0.4, -0.2) is 28.1 Å². The zero-order valence-corrected chi connectivity index (χ0v) is 13.1. The Morgan fingerprint density at radius 1 is 1.33 bits per heavy atom. The summed E-state index contributed by atoms with van der Waals surface area (Å²) >= 11 is 0. The fourth-order valence-corrected chi connectivity index (χ4v) is 1.95. The van der Waals surface area contributed by atoms with Crippen molar-refractivity contribution in [1.29, 1.82) is 10.5 Å². The summed E-state index contributed by atoms with van der Waals surface area (Å²) < 4.78 is 6.60. The van der Waals surface area contributed by atoms with Gasteiger partial charge in [0.25, 0.3) is 0 Å². The van der Waals surface area contributed by atoms with Crippen LogP contribution in [0.25, 0.3) is 5.69 Å². The van der Waals surface area contributed by atoms with Gasteiger partial charge in [-0.2, -0.15) is 20.7 Å². The number of hydrazone groups is 1. The van der Waals surface area contributed by atoms with E-state index in [1.165, 1.54) is 6.20 Å². The van der Waals surface area contributed by atoms with Gasteiger partial charge < -0.3 is 4.74 Å². The zero-order chi connectivity index (χ0) is 17.5. The average Bonchev–Trinajstić information content (AvgIpc) is 2.98. The Hall–Kier alpha value is -3.65. The molecule has 2 aromatic rings. The third kappa shape index (κ3) is 3.57. The summed E-state index contributed by atoms with van der Waals surface area (Å²) in [6, 6.07) is 10.3. The Morgan fingerprint density at radius 3 is 2.58 bits per heavy atom. The lowest BCUT2D eigenvalue weighted by atomic mass is 10.2. The van der Waals surface area contributed by atoms with Gasteiger partial charge in [0.05, 0.1) is 29.9 Å². The Balaban J connectivity index is 2.20. The number of nitrogens with one attached hydrogen (secondary N) is 1. The number of rotatable bonds is 5. The van der Waals surface area contributed by atoms with Crippen molar-refractivity contribution in [3.05, 3.63) is 41.7 Å². The Kier molecular flexibility index (Phi) is 5.27. The van der Waals surface area contributed by atoms with Crippen LogP contribution in [0, 0.1) is 29.6 Å². The number of hydrogen-bond acceptors (Lipinski definition) is 7. The summed E-state index contributed by atoms with van der Waals surface area (Å²) in [7, 11) is 0. The molecular formula is C16H14N6O2. The Morgan fingerprint density at radius 2 is 2.00 bits per heavy atom. The van der Waals surface area contributed by atoms with E-state index in [9.17, 15) is 4.79 Å². The minimum Gasteiger partial charge on any atom is -0.462 e. The second-order valence-corrected chi connectivity index (χ2v) is 4.62. The van der Waals surface area contributed by atoms with Crippen molar-refractivity contribution in [2.75, 3.05) is 12.0 Å². The molecule has 0 unspecified atom stereocenters. The quantitative estimate of drug-likeness (QED) is 0.512. The molecule has 8 heteroatoms. The van der Waals surface area contributed by atoms with Gasteiger partial charge in [0.2, 0.25) is 5.71 Å². The summed E-state index contributed by atoms with van der Waals surface area (Å²) in [5.41, 5.74) is 4.80. The minimum absolute atomic E-state index is 0.263. The average molecular weight is 322 g/mol. The lowest BCUT2D eigenvalue weighted by molar-refractivity contribution is 0.0525. The lowest BCUT2D eigenvalue weighted by Gasteiger charge is -2.07. The van der Waals surface area contributed by atoms with Crippen LogP contribution in [0.5, 0.6) is 0 Å². The largest absolute Gasteiger partial charge is 0.462 e. The maximum Gasteiger partial charge on any atom is 0.341 e. The molecule has 1 N–H and O–H groups in total. The van der Waals surface area contributed by atoms with Crippen molar-refractivity contribution in [1.82, 2.24) is 9.78 Å². The summed E-state index contributed by atoms with van der Waals surface area (Å²) in [5, 5.41) is 25.1. The number of carbonyl (C=O) groups excluding carboxylic acids is 1. The first-order chi connectivity index (χ1) is 11.6. The lowest BCUT2D eigenvalue weighted by Crippen LogP contribution is -2.07. The third-order valence-electron chi connectivity index (χ3n) is 3.13. The van der Waals surface area contributed by atoms with E-state index in [1.807, 2.05) is 0 Å². The van der Waals surface area contributed by atoms with Crippen molar-refractivity contribution in [3.8, 4) is 17.8 Å². The Labute approximate surface area is 138 Å². The van der Waals surface area contributed by atoms with Gasteiger partial charge in [-0.15, -0.1) is 0 Å². The standard InChI is InChI=1S/C16H14N6O2/c1-3-24-16(23)15-10-19-22(11(15)2)14-6-4-12(5-7-14)20-21-13(8-17)9-18/h4-7,10,20H,3H2,1-2H3. The molecule has 0 radical (unpaired) electrons. The zero-order valence-electron chi connectivity index (χ0n) is 13.1. The van der Waals surface area contributed by atoms with Crippen LogP contribution in [0.15, 0.2) is 35.6 Å². The number of hydrogen-bond donors (Lipinski definition) is 1. The summed E-state index contributed by atoms with van der Waals surface area (Å²) in [6.07, 6.45) is 1.47. The van der Waals surface area contributed by atoms with Gasteiger partial charge in [-0.1, -0.05) is 0 Å². The number of aromatic nitrogens is 2. The monoisotopic (exact) mass is 322 g/mol. The number of nitriles is 2. The molecule has 0 spiro atoms. The second-order valence-electron chi connectivity index (χ2n) is 4.62. The SMILES string of the molecule is CCOC(=O)c1cnn(-c2ccc(NN=C(C#N)C#N)cc2)c1C. The second kappa shape index (κ2) is 7.56. The first-order valence-electron chi connectivity index (χ1n) is 7.06. The molecule has 0 aliphatic heterocycles. The molecule has 2 rings (SSSR count). The van der Waals surface area contributed by atoms with Crippen LogP contribution in [0.3, 0.4) is 0 Å². The maximum absolute atomic E-state index is 11.8. The van der Waals surface area contributed by atoms with Crippen molar-refractivity contribution in [2.24, 2.45) is 5.10 Å². The molecule has 8 nitrogen and oxygen atoms in total. The highest BCUT2D eigenvalue weighted by atomic mass is 16.5. The number of ether oxygens (including phenoxy) is 1. The molecule has 24 heavy (non-hydrogen) atoms. The fourth-order valence-electron chi connectivity index (χ4n) is 1.95. The van der Waals surface area contributed by atoms with E-state index in [4.69, 9.17) is 15.3 Å². The van der Waals surface area contributed by atoms with E-state index in [2.05, 4.69) is 15.6 Å². The molecule has 1 aromatic carbocycles. The van der Waals surface area contributed by atoms with Crippen LogP contribution < -0.4 is 5.43 Å². The molecular weight excluding hydrogens is 308 g/mol. The number of esters is 1. The van der Waals surface area contributed by atoms with E-state index in [1.54, 1.807) is 54.9 Å². The first-order valence-corrected chi connectivity index (χ1v) is 7.06. The molecule has 0 saturated heterocycles. The number of anilines is 1. The van der Waals surface area contributed by atoms with Crippen molar-refractivity contribution < 1.29 is 9.53 Å². The van der Waals surface area contributed by atoms with Gasteiger partial charge in [0.15, 0.2) is 0 Å². The molecule has 1 aromatic heterocycles. The molecule has 0 amide bonds. The number of benzene rings is 1. The van der Waals surface area contributed by atoms with Gasteiger partial charge in [-0.05, 0) is 38.1 Å². The van der Waals surface area contributed by atoms with Crippen LogP contribution >= 0.6 is 0 Å². The predicted molar refractivity (Wildman–Crippen MR) is 86.5 cm³/mol. The number of carbonyl (C=O) groups is 1. The van der Waals surface area contributed by atoms with Gasteiger partial charge in [0.1, 0.15) is 17.7 Å². The molecule has 0 saturated carbocycles. The van der Waals surface area contributed by atoms with E-state index < -0.39 is 5.97 Å². The smallest absolute Gasteiger partial charge is 0.341 e. The molecule has 0 atom stereocenters. The molecule has 0 bridgehead atoms. The van der Waals surface area contributed by atoms with E-state index in [0.29, 0.717) is 23.6 Å². The molecule has 0 aliphatic rings. The normalized spacial score (nSPS) is 9.50. The minimum atomic E-state index is -0.408. The van der Waals surface area contributed by atoms with E-state index in [0.717, 1.165) is 5.69 Å². The van der Waals surface area contributed by atoms with Crippen LogP contribution in [0.4, 0.5) is 5.69 Å². The van der Waals surface area contributed by atoms with E-state index in [-0.39, 0.29) is 5.71 Å². The molecule has 1 heterocycles. The number of nitrogens with zero attached hydrogens (tertiary/aromatic N) is 5. The third-order valence-corrected chi connectivity index (χ3v) is 3.13. The first kappa shape index (κ1) is 16.7. The highest BCUT2D eigenvalue weighted by molar-refractivity contribution is 6.10. The van der Waals surface area contributed by atoms with Crippen molar-refractivity contribution >= 4 is 17.4 Å². The van der Waals surface area contributed by atoms with Gasteiger partial charge >= 0.3 is 5.97 Å². The van der Waals surface area contributed by atoms with E-state index >= 15 is 0 Å². The van der Waals surface area contributed by atoms with Crippen molar-refractivity contribution in [2.45, 2.75) is 13.8 Å². The Bertz CT molecular complexity index is 836. The molecule has 120 valence electrons. The van der Waals surface area contributed by atoms with Gasteiger partial charge in [-0.25, -0.2) is 9.48 Å². The maximum atomic E-state index is 11.8. The predicted octanol–water partition coefficient (Wildman–Crippen LogP) is 2.17. The fraction of sp³-hybridized carbons (Fsp3) is 0.188. The summed E-state index contributed by atoms with van der Waals surface area (Å²) in [4.78, 5) is 11.8. The van der Waals surface area contributed by atoms with Gasteiger partial charge in [0, 0.05) is 0 Å². The topological polar surface area (TPSA) is 116 Å². The van der Waals surface area contributed by atoms with Crippen LogP contribution in [0.2, 0.25) is 0 Å². The van der Waals surface area contributed by atoms with Crippen LogP contribution in [-0.2, 0) is 4.74 Å². The molecule has 0 aliphatic carbocycles. The summed E-state index contributed by atoms with van der Waals surface area (Å²) in [5.74, 6) is -0.408. The summed E-state index contributed by atoms with van der Waals surface area (Å²) in [6.45, 7) is 3.83. The molecule has 0 fully saturated rings. The van der Waals surface area contributed by atoms with Crippen molar-refractivity contribution in [3.63, 3.8) is 0 Å². The highest BCUT2D eigenvalue weighted by Gasteiger charge is 2.15.